The molecule has 0 amide bonds. The van der Waals surface area contributed by atoms with Crippen molar-refractivity contribution in [1.82, 2.24) is 14.6 Å². The average molecular weight is 188 g/mol. The first kappa shape index (κ1) is 8.66. The van der Waals surface area contributed by atoms with Crippen molar-refractivity contribution < 1.29 is 4.74 Å². The first-order valence-corrected chi connectivity index (χ1v) is 4.08. The molecule has 0 unspecified atom stereocenters. The highest BCUT2D eigenvalue weighted by Gasteiger charge is 2.12. The van der Waals surface area contributed by atoms with Gasteiger partial charge in [-0.3, -0.25) is 0 Å². The monoisotopic (exact) mass is 188 g/mol. The van der Waals surface area contributed by atoms with Gasteiger partial charge in [0.15, 0.2) is 5.65 Å². The van der Waals surface area contributed by atoms with Crippen LogP contribution in [0.4, 0.5) is 0 Å². The van der Waals surface area contributed by atoms with Gasteiger partial charge in [0.1, 0.15) is 17.3 Å². The van der Waals surface area contributed by atoms with Gasteiger partial charge in [-0.05, 0) is 6.07 Å². The normalized spacial score (nSPS) is 10.3. The molecular formula is C9H8N4O. The van der Waals surface area contributed by atoms with Crippen molar-refractivity contribution in [3.63, 3.8) is 0 Å². The summed E-state index contributed by atoms with van der Waals surface area (Å²) in [5, 5.41) is 13.1. The van der Waals surface area contributed by atoms with Gasteiger partial charge in [0.05, 0.1) is 6.61 Å². The maximum Gasteiger partial charge on any atom is 0.173 e. The number of nitrogens with zero attached hydrogens (tertiary/aromatic N) is 4. The predicted molar refractivity (Wildman–Crippen MR) is 48.4 cm³/mol. The van der Waals surface area contributed by atoms with E-state index in [-0.39, 0.29) is 0 Å². The molecule has 2 aromatic rings. The third-order valence-corrected chi connectivity index (χ3v) is 1.86. The van der Waals surface area contributed by atoms with E-state index in [1.54, 1.807) is 30.1 Å². The number of hydrogen-bond donors (Lipinski definition) is 0. The van der Waals surface area contributed by atoms with Crippen LogP contribution in [-0.2, 0) is 11.3 Å². The molecule has 0 aliphatic rings. The molecule has 0 saturated carbocycles. The van der Waals surface area contributed by atoms with Gasteiger partial charge in [-0.25, -0.2) is 9.50 Å². The number of hydrogen-bond acceptors (Lipinski definition) is 4. The minimum atomic E-state index is 0.326. The van der Waals surface area contributed by atoms with E-state index in [0.29, 0.717) is 23.5 Å². The molecule has 0 atom stereocenters. The minimum absolute atomic E-state index is 0.326. The number of rotatable bonds is 2. The van der Waals surface area contributed by atoms with Crippen LogP contribution in [0.1, 0.15) is 11.3 Å². The number of ether oxygens (including phenoxy) is 1. The molecule has 14 heavy (non-hydrogen) atoms. The fraction of sp³-hybridized carbons (Fsp3) is 0.222. The third kappa shape index (κ3) is 1.22. The number of fused-ring (bicyclic) bond motifs is 1. The van der Waals surface area contributed by atoms with Crippen LogP contribution in [0.2, 0.25) is 0 Å². The Morgan fingerprint density at radius 2 is 2.50 bits per heavy atom. The van der Waals surface area contributed by atoms with Gasteiger partial charge >= 0.3 is 0 Å². The summed E-state index contributed by atoms with van der Waals surface area (Å²) in [5.74, 6) is 0. The zero-order chi connectivity index (χ0) is 9.97. The Hall–Kier alpha value is -1.93. The molecule has 0 spiro atoms. The molecule has 2 heterocycles. The molecule has 2 rings (SSSR count). The summed E-state index contributed by atoms with van der Waals surface area (Å²) >= 11 is 0. The summed E-state index contributed by atoms with van der Waals surface area (Å²) in [5.41, 5.74) is 1.67. The van der Waals surface area contributed by atoms with Gasteiger partial charge in [-0.1, -0.05) is 0 Å². The van der Waals surface area contributed by atoms with Crippen LogP contribution in [0, 0.1) is 11.3 Å². The molecule has 0 radical (unpaired) electrons. The van der Waals surface area contributed by atoms with Crippen molar-refractivity contribution in [2.75, 3.05) is 7.11 Å². The van der Waals surface area contributed by atoms with E-state index < -0.39 is 0 Å². The lowest BCUT2D eigenvalue weighted by Gasteiger charge is -1.90. The van der Waals surface area contributed by atoms with Gasteiger partial charge in [0.25, 0.3) is 0 Å². The van der Waals surface area contributed by atoms with Crippen molar-refractivity contribution in [2.45, 2.75) is 6.61 Å². The smallest absolute Gasteiger partial charge is 0.173 e. The Bertz CT molecular complexity index is 497. The molecule has 0 N–H and O–H groups in total. The van der Waals surface area contributed by atoms with E-state index in [1.807, 2.05) is 0 Å². The molecule has 0 aliphatic carbocycles. The summed E-state index contributed by atoms with van der Waals surface area (Å²) in [6.07, 6.45) is 3.39. The second-order valence-corrected chi connectivity index (χ2v) is 2.75. The lowest BCUT2D eigenvalue weighted by Crippen LogP contribution is -1.91. The first-order valence-electron chi connectivity index (χ1n) is 4.08. The Morgan fingerprint density at radius 3 is 3.21 bits per heavy atom. The minimum Gasteiger partial charge on any atom is -0.378 e. The van der Waals surface area contributed by atoms with Crippen molar-refractivity contribution in [3.8, 4) is 6.07 Å². The van der Waals surface area contributed by atoms with Gasteiger partial charge in [0, 0.05) is 19.5 Å². The third-order valence-electron chi connectivity index (χ3n) is 1.86. The maximum atomic E-state index is 8.93. The molecule has 0 saturated heterocycles. The average Bonchev–Trinajstić information content (AvgIpc) is 2.55. The molecule has 70 valence electrons. The highest BCUT2D eigenvalue weighted by molar-refractivity contribution is 5.56. The second kappa shape index (κ2) is 3.44. The van der Waals surface area contributed by atoms with Crippen LogP contribution in [0.15, 0.2) is 18.5 Å². The number of methoxy groups -OCH3 is 1. The van der Waals surface area contributed by atoms with Crippen LogP contribution < -0.4 is 0 Å². The van der Waals surface area contributed by atoms with Gasteiger partial charge in [-0.15, -0.1) is 0 Å². The largest absolute Gasteiger partial charge is 0.378 e. The van der Waals surface area contributed by atoms with Crippen molar-refractivity contribution in [1.29, 1.82) is 5.26 Å². The molecule has 5 nitrogen and oxygen atoms in total. The summed E-state index contributed by atoms with van der Waals surface area (Å²) < 4.78 is 6.52. The topological polar surface area (TPSA) is 63.2 Å². The van der Waals surface area contributed by atoms with E-state index in [0.717, 1.165) is 0 Å². The van der Waals surface area contributed by atoms with Crippen molar-refractivity contribution in [3.05, 3.63) is 29.7 Å². The number of nitriles is 1. The summed E-state index contributed by atoms with van der Waals surface area (Å²) in [6.45, 7) is 0.326. The van der Waals surface area contributed by atoms with Gasteiger partial charge < -0.3 is 4.74 Å². The fourth-order valence-electron chi connectivity index (χ4n) is 1.28. The predicted octanol–water partition coefficient (Wildman–Crippen LogP) is 0.747. The molecule has 0 aromatic carbocycles. The van der Waals surface area contributed by atoms with Crippen LogP contribution in [-0.4, -0.2) is 21.7 Å². The highest BCUT2D eigenvalue weighted by Crippen LogP contribution is 2.12. The van der Waals surface area contributed by atoms with E-state index in [1.165, 1.54) is 0 Å². The van der Waals surface area contributed by atoms with Gasteiger partial charge in [0.2, 0.25) is 0 Å². The Kier molecular flexibility index (Phi) is 2.13. The Labute approximate surface area is 80.6 Å². The summed E-state index contributed by atoms with van der Waals surface area (Å²) in [6, 6.07) is 3.84. The van der Waals surface area contributed by atoms with E-state index >= 15 is 0 Å². The van der Waals surface area contributed by atoms with E-state index in [2.05, 4.69) is 16.2 Å². The first-order chi connectivity index (χ1) is 6.86. The quantitative estimate of drug-likeness (QED) is 0.697. The fourth-order valence-corrected chi connectivity index (χ4v) is 1.28. The van der Waals surface area contributed by atoms with Crippen molar-refractivity contribution in [2.24, 2.45) is 0 Å². The molecular weight excluding hydrogens is 180 g/mol. The lowest BCUT2D eigenvalue weighted by atomic mass is 10.2. The van der Waals surface area contributed by atoms with Crippen LogP contribution in [0.25, 0.3) is 5.65 Å². The standard InChI is InChI=1S/C9H8N4O/c1-14-6-8-7(5-10)9-11-3-2-4-13(9)12-8/h2-4H,6H2,1H3. The van der Waals surface area contributed by atoms with E-state index in [4.69, 9.17) is 10.00 Å². The number of aromatic nitrogens is 3. The van der Waals surface area contributed by atoms with Gasteiger partial charge in [-0.2, -0.15) is 10.4 Å². The zero-order valence-electron chi connectivity index (χ0n) is 7.64. The Morgan fingerprint density at radius 1 is 1.64 bits per heavy atom. The molecule has 0 aliphatic heterocycles. The summed E-state index contributed by atoms with van der Waals surface area (Å²) in [7, 11) is 1.57. The molecule has 2 aromatic heterocycles. The van der Waals surface area contributed by atoms with Crippen molar-refractivity contribution >= 4 is 5.65 Å². The highest BCUT2D eigenvalue weighted by atomic mass is 16.5. The lowest BCUT2D eigenvalue weighted by molar-refractivity contribution is 0.181. The molecule has 0 fully saturated rings. The van der Waals surface area contributed by atoms with Crippen LogP contribution in [0.3, 0.4) is 0 Å². The SMILES string of the molecule is COCc1nn2cccnc2c1C#N. The molecule has 0 bridgehead atoms. The zero-order valence-corrected chi connectivity index (χ0v) is 7.64. The van der Waals surface area contributed by atoms with Crippen LogP contribution >= 0.6 is 0 Å². The summed E-state index contributed by atoms with van der Waals surface area (Å²) in [4.78, 5) is 4.08. The second-order valence-electron chi connectivity index (χ2n) is 2.75. The maximum absolute atomic E-state index is 8.93. The Balaban J connectivity index is 2.68. The molecule has 5 heteroatoms. The van der Waals surface area contributed by atoms with Crippen LogP contribution in [0.5, 0.6) is 0 Å². The van der Waals surface area contributed by atoms with E-state index in [9.17, 15) is 0 Å².